The van der Waals surface area contributed by atoms with Gasteiger partial charge in [-0.15, -0.1) is 0 Å². The number of nitrogens with one attached hydrogen (secondary N) is 1. The molecule has 3 N–H and O–H groups in total. The molecule has 1 saturated carbocycles. The number of hydrogen-bond acceptors (Lipinski definition) is 3. The molecule has 0 spiro atoms. The van der Waals surface area contributed by atoms with Crippen LogP contribution in [0.25, 0.3) is 0 Å². The van der Waals surface area contributed by atoms with Crippen LogP contribution in [0.3, 0.4) is 0 Å². The molecule has 1 atom stereocenters. The number of sulfonamides is 1. The van der Waals surface area contributed by atoms with Gasteiger partial charge in [-0.05, 0) is 62.8 Å². The van der Waals surface area contributed by atoms with Gasteiger partial charge in [-0.25, -0.2) is 17.5 Å². The monoisotopic (exact) mass is 300 g/mol. The third-order valence-electron chi connectivity index (χ3n) is 3.96. The van der Waals surface area contributed by atoms with E-state index in [9.17, 15) is 12.8 Å². The van der Waals surface area contributed by atoms with Crippen molar-refractivity contribution in [2.24, 2.45) is 11.7 Å². The van der Waals surface area contributed by atoms with Gasteiger partial charge in [0.15, 0.2) is 0 Å². The fourth-order valence-corrected chi connectivity index (χ4v) is 4.62. The van der Waals surface area contributed by atoms with E-state index in [0.717, 1.165) is 12.8 Å². The summed E-state index contributed by atoms with van der Waals surface area (Å²) in [5.41, 5.74) is 5.93. The maximum absolute atomic E-state index is 13.3. The molecule has 1 aromatic carbocycles. The molecular formula is C14H21FN2O2S. The maximum atomic E-state index is 13.3. The van der Waals surface area contributed by atoms with E-state index in [-0.39, 0.29) is 17.4 Å². The van der Waals surface area contributed by atoms with Gasteiger partial charge in [-0.3, -0.25) is 0 Å². The number of halogens is 1. The molecule has 0 saturated heterocycles. The van der Waals surface area contributed by atoms with Crippen LogP contribution in [0.4, 0.5) is 4.39 Å². The van der Waals surface area contributed by atoms with E-state index >= 15 is 0 Å². The highest BCUT2D eigenvalue weighted by molar-refractivity contribution is 7.89. The third kappa shape index (κ3) is 2.87. The van der Waals surface area contributed by atoms with Crippen molar-refractivity contribution in [3.8, 4) is 0 Å². The average Bonchev–Trinajstić information content (AvgIpc) is 3.09. The fraction of sp³-hybridized carbons (Fsp3) is 0.571. The van der Waals surface area contributed by atoms with Gasteiger partial charge in [-0.2, -0.15) is 0 Å². The predicted molar refractivity (Wildman–Crippen MR) is 76.4 cm³/mol. The van der Waals surface area contributed by atoms with Crippen molar-refractivity contribution < 1.29 is 12.8 Å². The van der Waals surface area contributed by atoms with Gasteiger partial charge in [0.05, 0.1) is 4.90 Å². The van der Waals surface area contributed by atoms with Crippen molar-refractivity contribution in [3.63, 3.8) is 0 Å². The van der Waals surface area contributed by atoms with Crippen molar-refractivity contribution >= 4 is 10.0 Å². The lowest BCUT2D eigenvalue weighted by Gasteiger charge is -2.29. The van der Waals surface area contributed by atoms with E-state index in [1.807, 2.05) is 6.92 Å². The summed E-state index contributed by atoms with van der Waals surface area (Å²) in [7, 11) is -3.71. The Labute approximate surface area is 119 Å². The van der Waals surface area contributed by atoms with Crippen LogP contribution in [0.5, 0.6) is 0 Å². The second-order valence-electron chi connectivity index (χ2n) is 5.87. The zero-order valence-electron chi connectivity index (χ0n) is 12.0. The smallest absolute Gasteiger partial charge is 0.241 e. The molecule has 2 rings (SSSR count). The Bertz CT molecular complexity index is 603. The van der Waals surface area contributed by atoms with E-state index in [1.165, 1.54) is 12.1 Å². The molecule has 4 nitrogen and oxygen atoms in total. The molecular weight excluding hydrogens is 279 g/mol. The van der Waals surface area contributed by atoms with E-state index in [0.29, 0.717) is 11.1 Å². The summed E-state index contributed by atoms with van der Waals surface area (Å²) in [6.45, 7) is 5.27. The van der Waals surface area contributed by atoms with Gasteiger partial charge in [-0.1, -0.05) is 0 Å². The molecule has 1 fully saturated rings. The normalized spacial score (nSPS) is 18.9. The van der Waals surface area contributed by atoms with Crippen molar-refractivity contribution in [1.29, 1.82) is 0 Å². The molecule has 112 valence electrons. The van der Waals surface area contributed by atoms with Gasteiger partial charge < -0.3 is 5.73 Å². The van der Waals surface area contributed by atoms with Gasteiger partial charge in [0.2, 0.25) is 10.0 Å². The number of rotatable bonds is 5. The van der Waals surface area contributed by atoms with Gasteiger partial charge in [0, 0.05) is 12.1 Å². The molecule has 1 unspecified atom stereocenters. The summed E-state index contributed by atoms with van der Waals surface area (Å²) < 4.78 is 41.2. The topological polar surface area (TPSA) is 72.2 Å². The Kier molecular flexibility index (Phi) is 3.92. The predicted octanol–water partition coefficient (Wildman–Crippen LogP) is 1.85. The highest BCUT2D eigenvalue weighted by Gasteiger charge is 2.43. The molecule has 0 amide bonds. The van der Waals surface area contributed by atoms with Crippen molar-refractivity contribution in [3.05, 3.63) is 29.1 Å². The van der Waals surface area contributed by atoms with Crippen LogP contribution in [0.2, 0.25) is 0 Å². The molecule has 20 heavy (non-hydrogen) atoms. The molecule has 1 aliphatic rings. The first-order chi connectivity index (χ1) is 9.19. The summed E-state index contributed by atoms with van der Waals surface area (Å²) in [4.78, 5) is 0.152. The molecule has 1 aliphatic carbocycles. The lowest BCUT2D eigenvalue weighted by molar-refractivity contribution is 0.374. The van der Waals surface area contributed by atoms with Gasteiger partial charge in [0.1, 0.15) is 5.82 Å². The van der Waals surface area contributed by atoms with E-state index in [2.05, 4.69) is 4.72 Å². The summed E-state index contributed by atoms with van der Waals surface area (Å²) in [5, 5.41) is 0. The minimum absolute atomic E-state index is 0.152. The zero-order valence-corrected chi connectivity index (χ0v) is 12.8. The van der Waals surface area contributed by atoms with E-state index in [1.54, 1.807) is 13.8 Å². The summed E-state index contributed by atoms with van der Waals surface area (Å²) in [6.07, 6.45) is 1.97. The number of hydrogen-bond donors (Lipinski definition) is 2. The van der Waals surface area contributed by atoms with Crippen LogP contribution in [0.1, 0.15) is 30.9 Å². The highest BCUT2D eigenvalue weighted by Crippen LogP contribution is 2.40. The SMILES string of the molecule is Cc1cc(F)cc(C)c1S(=O)(=O)NC(C)(CN)C1CC1. The van der Waals surface area contributed by atoms with E-state index in [4.69, 9.17) is 5.73 Å². The fourth-order valence-electron chi connectivity index (χ4n) is 2.69. The second kappa shape index (κ2) is 5.09. The molecule has 0 aliphatic heterocycles. The zero-order chi connectivity index (χ0) is 15.1. The van der Waals surface area contributed by atoms with Gasteiger partial charge in [0.25, 0.3) is 0 Å². The first-order valence-corrected chi connectivity index (χ1v) is 8.19. The van der Waals surface area contributed by atoms with Crippen LogP contribution in [-0.4, -0.2) is 20.5 Å². The van der Waals surface area contributed by atoms with Crippen LogP contribution >= 0.6 is 0 Å². The van der Waals surface area contributed by atoms with Crippen molar-refractivity contribution in [1.82, 2.24) is 4.72 Å². The molecule has 0 bridgehead atoms. The molecule has 1 aromatic rings. The molecule has 6 heteroatoms. The summed E-state index contributed by atoms with van der Waals surface area (Å²) in [6, 6.07) is 2.47. The molecule has 0 aromatic heterocycles. The van der Waals surface area contributed by atoms with Crippen molar-refractivity contribution in [2.75, 3.05) is 6.54 Å². The molecule has 0 radical (unpaired) electrons. The van der Waals surface area contributed by atoms with Gasteiger partial charge >= 0.3 is 0 Å². The Balaban J connectivity index is 2.41. The first kappa shape index (κ1) is 15.4. The van der Waals surface area contributed by atoms with E-state index < -0.39 is 21.4 Å². The second-order valence-corrected chi connectivity index (χ2v) is 7.49. The minimum Gasteiger partial charge on any atom is -0.329 e. The maximum Gasteiger partial charge on any atom is 0.241 e. The van der Waals surface area contributed by atoms with Crippen molar-refractivity contribution in [2.45, 2.75) is 44.0 Å². The highest BCUT2D eigenvalue weighted by atomic mass is 32.2. The Morgan fingerprint density at radius 2 is 1.85 bits per heavy atom. The third-order valence-corrected chi connectivity index (χ3v) is 5.88. The lowest BCUT2D eigenvalue weighted by atomic mass is 9.98. The van der Waals surface area contributed by atoms with Crippen LogP contribution in [-0.2, 0) is 10.0 Å². The number of benzene rings is 1. The standard InChI is InChI=1S/C14H21FN2O2S/c1-9-6-12(15)7-10(2)13(9)20(18,19)17-14(3,8-16)11-4-5-11/h6-7,11,17H,4-5,8,16H2,1-3H3. The number of aryl methyl sites for hydroxylation is 2. The van der Waals surface area contributed by atoms with Crippen LogP contribution in [0.15, 0.2) is 17.0 Å². The first-order valence-electron chi connectivity index (χ1n) is 6.70. The quantitative estimate of drug-likeness (QED) is 0.871. The number of nitrogens with two attached hydrogens (primary N) is 1. The largest absolute Gasteiger partial charge is 0.329 e. The average molecular weight is 300 g/mol. The minimum atomic E-state index is -3.71. The Morgan fingerprint density at radius 1 is 1.35 bits per heavy atom. The molecule has 0 heterocycles. The van der Waals surface area contributed by atoms with Crippen LogP contribution < -0.4 is 10.5 Å². The summed E-state index contributed by atoms with van der Waals surface area (Å²) in [5.74, 6) is -0.147. The van der Waals surface area contributed by atoms with Crippen LogP contribution in [0, 0.1) is 25.6 Å². The summed E-state index contributed by atoms with van der Waals surface area (Å²) >= 11 is 0. The lowest BCUT2D eigenvalue weighted by Crippen LogP contribution is -2.53. The Morgan fingerprint density at radius 3 is 2.25 bits per heavy atom. The Hall–Kier alpha value is -0.980.